The highest BCUT2D eigenvalue weighted by molar-refractivity contribution is 9.10. The van der Waals surface area contributed by atoms with Crippen molar-refractivity contribution in [3.63, 3.8) is 0 Å². The second-order valence-corrected chi connectivity index (χ2v) is 5.28. The standard InChI is InChI=1S/C17H17BrO/c1-2-6-17(15-9-11-16(18)12-10-15)19-13-14-7-4-3-5-8-14/h2-5,7-12,17H,1,6,13H2. The van der Waals surface area contributed by atoms with Crippen LogP contribution in [0.25, 0.3) is 0 Å². The van der Waals surface area contributed by atoms with E-state index in [4.69, 9.17) is 4.74 Å². The molecule has 19 heavy (non-hydrogen) atoms. The van der Waals surface area contributed by atoms with Crippen LogP contribution in [0.3, 0.4) is 0 Å². The lowest BCUT2D eigenvalue weighted by atomic mass is 10.1. The third kappa shape index (κ3) is 4.34. The normalized spacial score (nSPS) is 12.1. The van der Waals surface area contributed by atoms with Gasteiger partial charge in [-0.15, -0.1) is 6.58 Å². The van der Waals surface area contributed by atoms with Crippen molar-refractivity contribution in [2.45, 2.75) is 19.1 Å². The smallest absolute Gasteiger partial charge is 0.0863 e. The molecule has 2 aromatic carbocycles. The maximum atomic E-state index is 6.01. The van der Waals surface area contributed by atoms with Gasteiger partial charge in [-0.25, -0.2) is 0 Å². The quantitative estimate of drug-likeness (QED) is 0.658. The molecule has 0 saturated carbocycles. The van der Waals surface area contributed by atoms with E-state index >= 15 is 0 Å². The van der Waals surface area contributed by atoms with E-state index in [0.29, 0.717) is 6.61 Å². The van der Waals surface area contributed by atoms with Crippen molar-refractivity contribution < 1.29 is 4.74 Å². The lowest BCUT2D eigenvalue weighted by molar-refractivity contribution is 0.0417. The van der Waals surface area contributed by atoms with E-state index in [-0.39, 0.29) is 6.10 Å². The molecule has 2 aromatic rings. The molecular weight excluding hydrogens is 300 g/mol. The highest BCUT2D eigenvalue weighted by atomic mass is 79.9. The third-order valence-corrected chi connectivity index (χ3v) is 3.45. The number of benzene rings is 2. The van der Waals surface area contributed by atoms with Gasteiger partial charge in [-0.05, 0) is 29.7 Å². The molecule has 0 spiro atoms. The van der Waals surface area contributed by atoms with Crippen molar-refractivity contribution >= 4 is 15.9 Å². The Balaban J connectivity index is 2.04. The molecule has 1 nitrogen and oxygen atoms in total. The molecule has 0 aliphatic carbocycles. The van der Waals surface area contributed by atoms with Crippen LogP contribution < -0.4 is 0 Å². The minimum atomic E-state index is 0.0609. The van der Waals surface area contributed by atoms with E-state index in [9.17, 15) is 0 Å². The molecule has 0 amide bonds. The molecule has 0 radical (unpaired) electrons. The van der Waals surface area contributed by atoms with Gasteiger partial charge >= 0.3 is 0 Å². The molecular formula is C17H17BrO. The first-order valence-electron chi connectivity index (χ1n) is 6.31. The van der Waals surface area contributed by atoms with Gasteiger partial charge in [0.25, 0.3) is 0 Å². The van der Waals surface area contributed by atoms with Gasteiger partial charge in [0, 0.05) is 4.47 Å². The predicted octanol–water partition coefficient (Wildman–Crippen LogP) is 5.28. The molecule has 1 atom stereocenters. The number of hydrogen-bond acceptors (Lipinski definition) is 1. The number of halogens is 1. The first-order chi connectivity index (χ1) is 9.29. The molecule has 2 heteroatoms. The second-order valence-electron chi connectivity index (χ2n) is 4.36. The molecule has 1 unspecified atom stereocenters. The molecule has 0 fully saturated rings. The van der Waals surface area contributed by atoms with E-state index in [1.165, 1.54) is 11.1 Å². The summed E-state index contributed by atoms with van der Waals surface area (Å²) in [5, 5.41) is 0. The molecule has 0 aliphatic rings. The van der Waals surface area contributed by atoms with Crippen molar-refractivity contribution in [3.05, 3.63) is 82.9 Å². The summed E-state index contributed by atoms with van der Waals surface area (Å²) < 4.78 is 7.09. The van der Waals surface area contributed by atoms with Crippen molar-refractivity contribution in [1.29, 1.82) is 0 Å². The Labute approximate surface area is 123 Å². The summed E-state index contributed by atoms with van der Waals surface area (Å²) in [6.07, 6.45) is 2.78. The Morgan fingerprint density at radius 2 is 1.74 bits per heavy atom. The van der Waals surface area contributed by atoms with Gasteiger partial charge in [0.1, 0.15) is 0 Å². The fourth-order valence-corrected chi connectivity index (χ4v) is 2.16. The van der Waals surface area contributed by atoms with Crippen LogP contribution in [0.2, 0.25) is 0 Å². The Morgan fingerprint density at radius 1 is 1.05 bits per heavy atom. The summed E-state index contributed by atoms with van der Waals surface area (Å²) in [6.45, 7) is 4.43. The largest absolute Gasteiger partial charge is 0.369 e. The van der Waals surface area contributed by atoms with Gasteiger partial charge in [-0.1, -0.05) is 64.5 Å². The molecule has 98 valence electrons. The van der Waals surface area contributed by atoms with Gasteiger partial charge in [-0.2, -0.15) is 0 Å². The first-order valence-corrected chi connectivity index (χ1v) is 7.11. The van der Waals surface area contributed by atoms with E-state index in [0.717, 1.165) is 10.9 Å². The maximum Gasteiger partial charge on any atom is 0.0863 e. The van der Waals surface area contributed by atoms with Crippen LogP contribution in [0.4, 0.5) is 0 Å². The Morgan fingerprint density at radius 3 is 2.37 bits per heavy atom. The zero-order valence-electron chi connectivity index (χ0n) is 10.8. The highest BCUT2D eigenvalue weighted by Gasteiger charge is 2.10. The maximum absolute atomic E-state index is 6.01. The average Bonchev–Trinajstić information content (AvgIpc) is 2.46. The molecule has 0 aliphatic heterocycles. The van der Waals surface area contributed by atoms with E-state index in [1.54, 1.807) is 0 Å². The molecule has 0 heterocycles. The summed E-state index contributed by atoms with van der Waals surface area (Å²) >= 11 is 3.45. The summed E-state index contributed by atoms with van der Waals surface area (Å²) in [7, 11) is 0. The minimum absolute atomic E-state index is 0.0609. The topological polar surface area (TPSA) is 9.23 Å². The predicted molar refractivity (Wildman–Crippen MR) is 82.9 cm³/mol. The van der Waals surface area contributed by atoms with Crippen LogP contribution in [0, 0.1) is 0 Å². The third-order valence-electron chi connectivity index (χ3n) is 2.92. The Kier molecular flexibility index (Phi) is 5.37. The van der Waals surface area contributed by atoms with Crippen LogP contribution in [0.5, 0.6) is 0 Å². The molecule has 0 aromatic heterocycles. The lowest BCUT2D eigenvalue weighted by Gasteiger charge is -2.17. The second kappa shape index (κ2) is 7.27. The van der Waals surface area contributed by atoms with Crippen molar-refractivity contribution in [1.82, 2.24) is 0 Å². The van der Waals surface area contributed by atoms with Crippen molar-refractivity contribution in [3.8, 4) is 0 Å². The summed E-state index contributed by atoms with van der Waals surface area (Å²) in [5.74, 6) is 0. The highest BCUT2D eigenvalue weighted by Crippen LogP contribution is 2.24. The molecule has 0 N–H and O–H groups in total. The van der Waals surface area contributed by atoms with Gasteiger partial charge in [0.15, 0.2) is 0 Å². The summed E-state index contributed by atoms with van der Waals surface area (Å²) in [5.41, 5.74) is 2.37. The van der Waals surface area contributed by atoms with Gasteiger partial charge in [-0.3, -0.25) is 0 Å². The van der Waals surface area contributed by atoms with Crippen LogP contribution >= 0.6 is 15.9 Å². The van der Waals surface area contributed by atoms with Gasteiger partial charge < -0.3 is 4.74 Å². The molecule has 2 rings (SSSR count). The monoisotopic (exact) mass is 316 g/mol. The van der Waals surface area contributed by atoms with Crippen LogP contribution in [-0.4, -0.2) is 0 Å². The van der Waals surface area contributed by atoms with Crippen LogP contribution in [0.15, 0.2) is 71.7 Å². The van der Waals surface area contributed by atoms with Gasteiger partial charge in [0.05, 0.1) is 12.7 Å². The number of hydrogen-bond donors (Lipinski definition) is 0. The molecule has 0 bridgehead atoms. The van der Waals surface area contributed by atoms with Crippen molar-refractivity contribution in [2.75, 3.05) is 0 Å². The number of ether oxygens (including phenoxy) is 1. The fourth-order valence-electron chi connectivity index (χ4n) is 1.90. The Bertz CT molecular complexity index is 505. The summed E-state index contributed by atoms with van der Waals surface area (Å²) in [6, 6.07) is 18.5. The van der Waals surface area contributed by atoms with Crippen LogP contribution in [0.1, 0.15) is 23.7 Å². The van der Waals surface area contributed by atoms with E-state index in [1.807, 2.05) is 36.4 Å². The Hall–Kier alpha value is -1.38. The average molecular weight is 317 g/mol. The van der Waals surface area contributed by atoms with E-state index < -0.39 is 0 Å². The zero-order valence-corrected chi connectivity index (χ0v) is 12.3. The summed E-state index contributed by atoms with van der Waals surface area (Å²) in [4.78, 5) is 0. The minimum Gasteiger partial charge on any atom is -0.369 e. The van der Waals surface area contributed by atoms with Crippen molar-refractivity contribution in [2.24, 2.45) is 0 Å². The van der Waals surface area contributed by atoms with E-state index in [2.05, 4.69) is 46.8 Å². The number of rotatable bonds is 6. The SMILES string of the molecule is C=CCC(OCc1ccccc1)c1ccc(Br)cc1. The first kappa shape index (κ1) is 14.0. The van der Waals surface area contributed by atoms with Gasteiger partial charge in [0.2, 0.25) is 0 Å². The van der Waals surface area contributed by atoms with Crippen LogP contribution in [-0.2, 0) is 11.3 Å². The molecule has 0 saturated heterocycles. The zero-order chi connectivity index (χ0) is 13.5. The lowest BCUT2D eigenvalue weighted by Crippen LogP contribution is -2.03. The fraction of sp³-hybridized carbons (Fsp3) is 0.176.